The predicted molar refractivity (Wildman–Crippen MR) is 90.9 cm³/mol. The van der Waals surface area contributed by atoms with E-state index in [1.165, 1.54) is 18.2 Å². The predicted octanol–water partition coefficient (Wildman–Crippen LogP) is 2.77. The van der Waals surface area contributed by atoms with Crippen molar-refractivity contribution >= 4 is 17.5 Å². The van der Waals surface area contributed by atoms with Gasteiger partial charge >= 0.3 is 0 Å². The number of aryl methyl sites for hydroxylation is 1. The lowest BCUT2D eigenvalue weighted by Gasteiger charge is -2.21. The van der Waals surface area contributed by atoms with Gasteiger partial charge in [0.05, 0.1) is 17.1 Å². The number of carbonyl (C=O) groups is 1. The summed E-state index contributed by atoms with van der Waals surface area (Å²) < 4.78 is 18.4. The smallest absolute Gasteiger partial charge is 0.255 e. The molecule has 1 aromatic heterocycles. The van der Waals surface area contributed by atoms with Crippen LogP contribution in [0.3, 0.4) is 0 Å². The number of amides is 1. The zero-order chi connectivity index (χ0) is 17.8. The Kier molecular flexibility index (Phi) is 5.65. The third-order valence-electron chi connectivity index (χ3n) is 4.22. The van der Waals surface area contributed by atoms with Gasteiger partial charge < -0.3 is 9.42 Å². The second-order valence-electron chi connectivity index (χ2n) is 6.00. The average molecular weight is 367 g/mol. The van der Waals surface area contributed by atoms with E-state index in [1.54, 1.807) is 4.90 Å². The Morgan fingerprint density at radius 2 is 2.16 bits per heavy atom. The van der Waals surface area contributed by atoms with Gasteiger partial charge in [-0.05, 0) is 24.6 Å². The van der Waals surface area contributed by atoms with Crippen LogP contribution in [-0.2, 0) is 13.0 Å². The molecule has 134 valence electrons. The van der Waals surface area contributed by atoms with Crippen molar-refractivity contribution in [3.05, 3.63) is 46.3 Å². The van der Waals surface area contributed by atoms with Gasteiger partial charge in [0.15, 0.2) is 5.82 Å². The van der Waals surface area contributed by atoms with E-state index in [0.29, 0.717) is 43.5 Å². The van der Waals surface area contributed by atoms with Crippen molar-refractivity contribution in [3.63, 3.8) is 0 Å². The number of hydrogen-bond donors (Lipinski definition) is 0. The monoisotopic (exact) mass is 366 g/mol. The van der Waals surface area contributed by atoms with Crippen LogP contribution in [0.2, 0.25) is 5.02 Å². The molecule has 0 atom stereocenters. The zero-order valence-electron chi connectivity index (χ0n) is 14.0. The molecule has 0 spiro atoms. The summed E-state index contributed by atoms with van der Waals surface area (Å²) in [5, 5.41) is 4.04. The minimum absolute atomic E-state index is 0.143. The highest BCUT2D eigenvalue weighted by molar-refractivity contribution is 6.33. The lowest BCUT2D eigenvalue weighted by Crippen LogP contribution is -2.35. The molecule has 6 nitrogen and oxygen atoms in total. The Labute approximate surface area is 150 Å². The topological polar surface area (TPSA) is 62.5 Å². The Morgan fingerprint density at radius 1 is 1.32 bits per heavy atom. The quantitative estimate of drug-likeness (QED) is 0.832. The van der Waals surface area contributed by atoms with E-state index in [1.807, 2.05) is 6.92 Å². The first-order valence-electron chi connectivity index (χ1n) is 8.35. The van der Waals surface area contributed by atoms with Gasteiger partial charge in [-0.1, -0.05) is 23.7 Å². The van der Waals surface area contributed by atoms with Crippen molar-refractivity contribution < 1.29 is 13.7 Å². The van der Waals surface area contributed by atoms with Crippen LogP contribution in [0, 0.1) is 5.82 Å². The molecule has 0 bridgehead atoms. The van der Waals surface area contributed by atoms with Crippen molar-refractivity contribution in [1.82, 2.24) is 19.9 Å². The number of halogens is 2. The molecule has 1 aliphatic rings. The van der Waals surface area contributed by atoms with E-state index in [0.717, 1.165) is 19.4 Å². The molecule has 1 aromatic carbocycles. The highest BCUT2D eigenvalue weighted by Crippen LogP contribution is 2.20. The zero-order valence-corrected chi connectivity index (χ0v) is 14.8. The van der Waals surface area contributed by atoms with Gasteiger partial charge in [0.1, 0.15) is 5.82 Å². The average Bonchev–Trinajstić information content (AvgIpc) is 2.91. The molecule has 0 aliphatic carbocycles. The fourth-order valence-corrected chi connectivity index (χ4v) is 3.10. The molecule has 25 heavy (non-hydrogen) atoms. The van der Waals surface area contributed by atoms with Gasteiger partial charge in [-0.25, -0.2) is 4.39 Å². The van der Waals surface area contributed by atoms with Gasteiger partial charge in [0.2, 0.25) is 5.89 Å². The Bertz CT molecular complexity index is 752. The number of rotatable bonds is 4. The normalized spacial score (nSPS) is 16.0. The summed E-state index contributed by atoms with van der Waals surface area (Å²) in [5.74, 6) is 0.679. The van der Waals surface area contributed by atoms with E-state index in [4.69, 9.17) is 16.1 Å². The SMILES string of the molecule is CCc1noc(CN2CCCN(C(=O)c3ccc(F)cc3Cl)CC2)n1. The Morgan fingerprint density at radius 3 is 2.88 bits per heavy atom. The van der Waals surface area contributed by atoms with Gasteiger partial charge in [-0.15, -0.1) is 0 Å². The van der Waals surface area contributed by atoms with E-state index < -0.39 is 5.82 Å². The van der Waals surface area contributed by atoms with Gasteiger partial charge in [-0.3, -0.25) is 9.69 Å². The van der Waals surface area contributed by atoms with Gasteiger partial charge in [0, 0.05) is 32.6 Å². The van der Waals surface area contributed by atoms with Crippen LogP contribution in [0.15, 0.2) is 22.7 Å². The Hall–Kier alpha value is -1.99. The fourth-order valence-electron chi connectivity index (χ4n) is 2.85. The van der Waals surface area contributed by atoms with Crippen LogP contribution in [0.25, 0.3) is 0 Å². The fraction of sp³-hybridized carbons (Fsp3) is 0.471. The lowest BCUT2D eigenvalue weighted by molar-refractivity contribution is 0.0760. The molecular formula is C17H20ClFN4O2. The first-order valence-corrected chi connectivity index (χ1v) is 8.72. The molecule has 0 saturated carbocycles. The van der Waals surface area contributed by atoms with Crippen LogP contribution < -0.4 is 0 Å². The second kappa shape index (κ2) is 7.93. The Balaban J connectivity index is 1.61. The minimum Gasteiger partial charge on any atom is -0.338 e. The molecule has 2 aromatic rings. The molecule has 1 fully saturated rings. The van der Waals surface area contributed by atoms with Crippen molar-refractivity contribution in [1.29, 1.82) is 0 Å². The summed E-state index contributed by atoms with van der Waals surface area (Å²) in [7, 11) is 0. The van der Waals surface area contributed by atoms with E-state index in [9.17, 15) is 9.18 Å². The third kappa shape index (κ3) is 4.35. The maximum absolute atomic E-state index is 13.2. The maximum Gasteiger partial charge on any atom is 0.255 e. The number of aromatic nitrogens is 2. The first-order chi connectivity index (χ1) is 12.1. The van der Waals surface area contributed by atoms with Crippen LogP contribution in [0.4, 0.5) is 4.39 Å². The minimum atomic E-state index is -0.449. The maximum atomic E-state index is 13.2. The molecule has 8 heteroatoms. The largest absolute Gasteiger partial charge is 0.338 e. The highest BCUT2D eigenvalue weighted by Gasteiger charge is 2.23. The first kappa shape index (κ1) is 17.8. The number of hydrogen-bond acceptors (Lipinski definition) is 5. The summed E-state index contributed by atoms with van der Waals surface area (Å²) in [6.45, 7) is 5.30. The molecule has 3 rings (SSSR count). The highest BCUT2D eigenvalue weighted by atomic mass is 35.5. The third-order valence-corrected chi connectivity index (χ3v) is 4.54. The summed E-state index contributed by atoms with van der Waals surface area (Å²) in [6, 6.07) is 3.86. The number of carbonyl (C=O) groups excluding carboxylic acids is 1. The second-order valence-corrected chi connectivity index (χ2v) is 6.41. The number of nitrogens with zero attached hydrogens (tertiary/aromatic N) is 4. The summed E-state index contributed by atoms with van der Waals surface area (Å²) in [6.07, 6.45) is 1.57. The number of benzene rings is 1. The summed E-state index contributed by atoms with van der Waals surface area (Å²) in [4.78, 5) is 20.9. The van der Waals surface area contributed by atoms with E-state index in [2.05, 4.69) is 15.0 Å². The molecule has 1 aliphatic heterocycles. The molecule has 0 N–H and O–H groups in total. The van der Waals surface area contributed by atoms with Crippen molar-refractivity contribution in [2.75, 3.05) is 26.2 Å². The van der Waals surface area contributed by atoms with Crippen LogP contribution in [-0.4, -0.2) is 52.0 Å². The van der Waals surface area contributed by atoms with Crippen molar-refractivity contribution in [3.8, 4) is 0 Å². The molecule has 0 unspecified atom stereocenters. The van der Waals surface area contributed by atoms with Crippen molar-refractivity contribution in [2.24, 2.45) is 0 Å². The molecule has 1 amide bonds. The van der Waals surface area contributed by atoms with Crippen LogP contribution >= 0.6 is 11.6 Å². The standard InChI is InChI=1S/C17H20ClFN4O2/c1-2-15-20-16(25-21-15)11-22-6-3-7-23(9-8-22)17(24)13-5-4-12(19)10-14(13)18/h4-5,10H,2-3,6-9,11H2,1H3. The molecule has 2 heterocycles. The van der Waals surface area contributed by atoms with Crippen LogP contribution in [0.1, 0.15) is 35.4 Å². The molecule has 1 saturated heterocycles. The van der Waals surface area contributed by atoms with Crippen LogP contribution in [0.5, 0.6) is 0 Å². The lowest BCUT2D eigenvalue weighted by atomic mass is 10.2. The molecule has 0 radical (unpaired) electrons. The summed E-state index contributed by atoms with van der Waals surface area (Å²) >= 11 is 6.01. The summed E-state index contributed by atoms with van der Waals surface area (Å²) in [5.41, 5.74) is 0.334. The van der Waals surface area contributed by atoms with E-state index in [-0.39, 0.29) is 10.9 Å². The van der Waals surface area contributed by atoms with Gasteiger partial charge in [0.25, 0.3) is 5.91 Å². The van der Waals surface area contributed by atoms with E-state index >= 15 is 0 Å². The van der Waals surface area contributed by atoms with Gasteiger partial charge in [-0.2, -0.15) is 4.98 Å². The van der Waals surface area contributed by atoms with Crippen molar-refractivity contribution in [2.45, 2.75) is 26.3 Å². The molecular weight excluding hydrogens is 347 g/mol.